The number of hydrogen-bond donors (Lipinski definition) is 1. The van der Waals surface area contributed by atoms with E-state index in [0.717, 1.165) is 16.8 Å². The molecule has 0 radical (unpaired) electrons. The molecule has 0 bridgehead atoms. The maximum Gasteiger partial charge on any atom is 0.246 e. The van der Waals surface area contributed by atoms with Crippen LogP contribution in [-0.4, -0.2) is 43.6 Å². The Labute approximate surface area is 152 Å². The molecule has 2 aromatic heterocycles. The second kappa shape index (κ2) is 8.73. The molecule has 1 N–H and O–H groups in total. The normalized spacial score (nSPS) is 11.0. The molecule has 26 heavy (non-hydrogen) atoms. The van der Waals surface area contributed by atoms with Crippen LogP contribution in [-0.2, 0) is 11.3 Å². The van der Waals surface area contributed by atoms with Crippen molar-refractivity contribution in [2.24, 2.45) is 0 Å². The highest BCUT2D eigenvalue weighted by Crippen LogP contribution is 2.11. The molecule has 0 aliphatic rings. The van der Waals surface area contributed by atoms with Crippen molar-refractivity contribution in [1.29, 1.82) is 0 Å². The molecule has 132 valence electrons. The highest BCUT2D eigenvalue weighted by Gasteiger charge is 2.10. The van der Waals surface area contributed by atoms with Gasteiger partial charge >= 0.3 is 0 Å². The third kappa shape index (κ3) is 4.64. The Bertz CT molecular complexity index is 843. The van der Waals surface area contributed by atoms with Crippen molar-refractivity contribution >= 4 is 12.0 Å². The van der Waals surface area contributed by atoms with E-state index in [1.807, 2.05) is 47.2 Å². The molecule has 0 atom stereocenters. The molecule has 1 aromatic carbocycles. The van der Waals surface area contributed by atoms with Crippen LogP contribution in [0.2, 0.25) is 0 Å². The zero-order valence-electron chi connectivity index (χ0n) is 14.3. The summed E-state index contributed by atoms with van der Waals surface area (Å²) in [7, 11) is 0. The van der Waals surface area contributed by atoms with Gasteiger partial charge in [0, 0.05) is 49.6 Å². The second-order valence-electron chi connectivity index (χ2n) is 5.74. The van der Waals surface area contributed by atoms with Crippen LogP contribution in [0, 0.1) is 0 Å². The van der Waals surface area contributed by atoms with Gasteiger partial charge < -0.3 is 14.6 Å². The summed E-state index contributed by atoms with van der Waals surface area (Å²) >= 11 is 0. The summed E-state index contributed by atoms with van der Waals surface area (Å²) in [4.78, 5) is 22.1. The number of benzene rings is 1. The fourth-order valence-corrected chi connectivity index (χ4v) is 2.54. The number of aromatic nitrogens is 3. The van der Waals surface area contributed by atoms with E-state index >= 15 is 0 Å². The Hall–Kier alpha value is -3.25. The minimum absolute atomic E-state index is 0.0839. The van der Waals surface area contributed by atoms with E-state index in [2.05, 4.69) is 9.97 Å². The molecule has 6 nitrogen and oxygen atoms in total. The quantitative estimate of drug-likeness (QED) is 0.665. The molecule has 3 rings (SSSR count). The largest absolute Gasteiger partial charge is 0.395 e. The van der Waals surface area contributed by atoms with Gasteiger partial charge in [0.05, 0.1) is 12.9 Å². The molecule has 0 unspecified atom stereocenters. The van der Waals surface area contributed by atoms with Crippen LogP contribution >= 0.6 is 0 Å². The number of nitrogens with zero attached hydrogens (tertiary/aromatic N) is 4. The van der Waals surface area contributed by atoms with E-state index in [4.69, 9.17) is 0 Å². The number of carbonyl (C=O) groups is 1. The SMILES string of the molecule is O=C(/C=C/c1ccc(-n2ccnc2)cc1)N(CCO)Cc1cccnc1. The van der Waals surface area contributed by atoms with Gasteiger partial charge in [-0.3, -0.25) is 9.78 Å². The lowest BCUT2D eigenvalue weighted by Crippen LogP contribution is -2.31. The molecule has 0 aliphatic heterocycles. The standard InChI is InChI=1S/C20H20N4O2/c25-13-12-23(15-18-2-1-9-21-14-18)20(26)8-5-17-3-6-19(7-4-17)24-11-10-22-16-24/h1-11,14,16,25H,12-13,15H2/b8-5+. The average molecular weight is 348 g/mol. The van der Waals surface area contributed by atoms with E-state index in [0.29, 0.717) is 6.54 Å². The summed E-state index contributed by atoms with van der Waals surface area (Å²) in [6.45, 7) is 0.605. The van der Waals surface area contributed by atoms with E-state index in [1.165, 1.54) is 6.08 Å². The van der Waals surface area contributed by atoms with Crippen molar-refractivity contribution in [1.82, 2.24) is 19.4 Å². The van der Waals surface area contributed by atoms with Crippen molar-refractivity contribution in [2.75, 3.05) is 13.2 Å². The Morgan fingerprint density at radius 2 is 2.00 bits per heavy atom. The Kier molecular flexibility index (Phi) is 5.90. The van der Waals surface area contributed by atoms with Gasteiger partial charge in [-0.1, -0.05) is 18.2 Å². The highest BCUT2D eigenvalue weighted by molar-refractivity contribution is 5.91. The number of aliphatic hydroxyl groups is 1. The van der Waals surface area contributed by atoms with Crippen LogP contribution in [0.1, 0.15) is 11.1 Å². The van der Waals surface area contributed by atoms with Gasteiger partial charge in [-0.05, 0) is 35.4 Å². The predicted octanol–water partition coefficient (Wildman–Crippen LogP) is 2.30. The first kappa shape index (κ1) is 17.6. The number of carbonyl (C=O) groups excluding carboxylic acids is 1. The average Bonchev–Trinajstić information content (AvgIpc) is 3.22. The lowest BCUT2D eigenvalue weighted by Gasteiger charge is -2.20. The van der Waals surface area contributed by atoms with Crippen molar-refractivity contribution in [3.63, 3.8) is 0 Å². The number of amides is 1. The van der Waals surface area contributed by atoms with E-state index in [1.54, 1.807) is 35.9 Å². The topological polar surface area (TPSA) is 71.2 Å². The number of pyridine rings is 1. The monoisotopic (exact) mass is 348 g/mol. The molecule has 0 aliphatic carbocycles. The van der Waals surface area contributed by atoms with Gasteiger partial charge in [-0.2, -0.15) is 0 Å². The van der Waals surface area contributed by atoms with Crippen LogP contribution in [0.4, 0.5) is 0 Å². The third-order valence-electron chi connectivity index (χ3n) is 3.89. The van der Waals surface area contributed by atoms with Crippen molar-refractivity contribution in [3.8, 4) is 5.69 Å². The van der Waals surface area contributed by atoms with Gasteiger partial charge in [0.2, 0.25) is 5.91 Å². The fourth-order valence-electron chi connectivity index (χ4n) is 2.54. The molecule has 0 saturated carbocycles. The number of imidazole rings is 1. The third-order valence-corrected chi connectivity index (χ3v) is 3.89. The van der Waals surface area contributed by atoms with Crippen LogP contribution in [0.25, 0.3) is 11.8 Å². The van der Waals surface area contributed by atoms with Crippen LogP contribution < -0.4 is 0 Å². The number of hydrogen-bond acceptors (Lipinski definition) is 4. The number of rotatable bonds is 7. The molecule has 0 fully saturated rings. The first-order valence-electron chi connectivity index (χ1n) is 8.31. The van der Waals surface area contributed by atoms with Gasteiger partial charge in [0.1, 0.15) is 0 Å². The Morgan fingerprint density at radius 3 is 2.65 bits per heavy atom. The van der Waals surface area contributed by atoms with Gasteiger partial charge in [-0.25, -0.2) is 4.98 Å². The molecule has 3 aromatic rings. The summed E-state index contributed by atoms with van der Waals surface area (Å²) in [5, 5.41) is 9.23. The van der Waals surface area contributed by atoms with Crippen LogP contribution in [0.3, 0.4) is 0 Å². The predicted molar refractivity (Wildman–Crippen MR) is 99.3 cm³/mol. The first-order chi connectivity index (χ1) is 12.8. The second-order valence-corrected chi connectivity index (χ2v) is 5.74. The lowest BCUT2D eigenvalue weighted by molar-refractivity contribution is -0.127. The Morgan fingerprint density at radius 1 is 1.15 bits per heavy atom. The van der Waals surface area contributed by atoms with E-state index < -0.39 is 0 Å². The Balaban J connectivity index is 1.66. The van der Waals surface area contributed by atoms with E-state index in [-0.39, 0.29) is 19.1 Å². The highest BCUT2D eigenvalue weighted by atomic mass is 16.3. The summed E-state index contributed by atoms with van der Waals surface area (Å²) in [6.07, 6.45) is 12.0. The zero-order chi connectivity index (χ0) is 18.2. The zero-order valence-corrected chi connectivity index (χ0v) is 14.3. The fraction of sp³-hybridized carbons (Fsp3) is 0.150. The maximum absolute atomic E-state index is 12.5. The summed E-state index contributed by atoms with van der Waals surface area (Å²) in [5.74, 6) is -0.151. The first-order valence-corrected chi connectivity index (χ1v) is 8.31. The van der Waals surface area contributed by atoms with Gasteiger partial charge in [0.25, 0.3) is 0 Å². The molecular formula is C20H20N4O2. The molecule has 0 spiro atoms. The van der Waals surface area contributed by atoms with Crippen LogP contribution in [0.15, 0.2) is 73.6 Å². The molecule has 6 heteroatoms. The van der Waals surface area contributed by atoms with E-state index in [9.17, 15) is 9.90 Å². The minimum Gasteiger partial charge on any atom is -0.395 e. The summed E-state index contributed by atoms with van der Waals surface area (Å²) in [5.41, 5.74) is 2.85. The van der Waals surface area contributed by atoms with Crippen LogP contribution in [0.5, 0.6) is 0 Å². The van der Waals surface area contributed by atoms with Crippen molar-refractivity contribution in [2.45, 2.75) is 6.54 Å². The minimum atomic E-state index is -0.151. The smallest absolute Gasteiger partial charge is 0.246 e. The molecule has 0 saturated heterocycles. The summed E-state index contributed by atoms with van der Waals surface area (Å²) < 4.78 is 1.91. The maximum atomic E-state index is 12.5. The van der Waals surface area contributed by atoms with Gasteiger partial charge in [-0.15, -0.1) is 0 Å². The molecule has 2 heterocycles. The lowest BCUT2D eigenvalue weighted by atomic mass is 10.2. The number of aliphatic hydroxyl groups excluding tert-OH is 1. The van der Waals surface area contributed by atoms with Gasteiger partial charge in [0.15, 0.2) is 0 Å². The molecular weight excluding hydrogens is 328 g/mol. The van der Waals surface area contributed by atoms with Crippen molar-refractivity contribution < 1.29 is 9.90 Å². The van der Waals surface area contributed by atoms with Crippen molar-refractivity contribution in [3.05, 3.63) is 84.7 Å². The summed E-state index contributed by atoms with van der Waals surface area (Å²) in [6, 6.07) is 11.5. The molecule has 1 amide bonds.